The fourth-order valence-corrected chi connectivity index (χ4v) is 2.41. The molecule has 0 amide bonds. The highest BCUT2D eigenvalue weighted by Crippen LogP contribution is 2.30. The van der Waals surface area contributed by atoms with Crippen LogP contribution in [0.4, 0.5) is 14.5 Å². The quantitative estimate of drug-likeness (QED) is 0.867. The molecule has 1 fully saturated rings. The SMILES string of the molecule is CC1CCC(Nc2ccccc2OC(F)F)CC1. The maximum absolute atomic E-state index is 12.3. The number of nitrogens with one attached hydrogen (secondary N) is 1. The summed E-state index contributed by atoms with van der Waals surface area (Å²) in [6.07, 6.45) is 4.55. The summed E-state index contributed by atoms with van der Waals surface area (Å²) in [5, 5.41) is 3.32. The molecule has 1 N–H and O–H groups in total. The third-order valence-electron chi connectivity index (χ3n) is 3.48. The maximum Gasteiger partial charge on any atom is 0.387 e. The molecule has 0 atom stereocenters. The van der Waals surface area contributed by atoms with Crippen LogP contribution < -0.4 is 10.1 Å². The van der Waals surface area contributed by atoms with Crippen molar-refractivity contribution in [1.82, 2.24) is 0 Å². The highest BCUT2D eigenvalue weighted by atomic mass is 19.3. The summed E-state index contributed by atoms with van der Waals surface area (Å²) in [7, 11) is 0. The first-order chi connectivity index (χ1) is 8.65. The van der Waals surface area contributed by atoms with Gasteiger partial charge in [0, 0.05) is 6.04 Å². The molecule has 4 heteroatoms. The molecule has 1 aliphatic carbocycles. The van der Waals surface area contributed by atoms with Gasteiger partial charge in [0.1, 0.15) is 5.75 Å². The molecule has 0 bridgehead atoms. The van der Waals surface area contributed by atoms with E-state index in [1.165, 1.54) is 12.8 Å². The number of rotatable bonds is 4. The lowest BCUT2D eigenvalue weighted by molar-refractivity contribution is -0.0494. The van der Waals surface area contributed by atoms with E-state index in [1.807, 2.05) is 6.07 Å². The van der Waals surface area contributed by atoms with Crippen LogP contribution in [0.5, 0.6) is 5.75 Å². The van der Waals surface area contributed by atoms with Gasteiger partial charge in [0.05, 0.1) is 5.69 Å². The molecule has 0 aliphatic heterocycles. The van der Waals surface area contributed by atoms with Crippen LogP contribution in [0.2, 0.25) is 0 Å². The van der Waals surface area contributed by atoms with E-state index < -0.39 is 6.61 Å². The van der Waals surface area contributed by atoms with E-state index in [0.29, 0.717) is 11.7 Å². The second-order valence-electron chi connectivity index (χ2n) is 4.98. The van der Waals surface area contributed by atoms with E-state index in [2.05, 4.69) is 17.0 Å². The minimum atomic E-state index is -2.78. The predicted molar refractivity (Wildman–Crippen MR) is 68.1 cm³/mol. The van der Waals surface area contributed by atoms with Gasteiger partial charge in [-0.2, -0.15) is 8.78 Å². The van der Waals surface area contributed by atoms with Crippen LogP contribution >= 0.6 is 0 Å². The Kier molecular flexibility index (Phi) is 4.39. The molecular weight excluding hydrogens is 236 g/mol. The molecule has 0 aromatic heterocycles. The normalized spacial score (nSPS) is 24.0. The zero-order chi connectivity index (χ0) is 13.0. The van der Waals surface area contributed by atoms with E-state index in [4.69, 9.17) is 0 Å². The van der Waals surface area contributed by atoms with Gasteiger partial charge in [-0.1, -0.05) is 19.1 Å². The van der Waals surface area contributed by atoms with Crippen LogP contribution in [0, 0.1) is 5.92 Å². The van der Waals surface area contributed by atoms with Gasteiger partial charge in [0.2, 0.25) is 0 Å². The van der Waals surface area contributed by atoms with Crippen molar-refractivity contribution in [2.24, 2.45) is 5.92 Å². The Balaban J connectivity index is 2.00. The molecule has 0 saturated heterocycles. The number of anilines is 1. The van der Waals surface area contributed by atoms with Gasteiger partial charge in [0.25, 0.3) is 0 Å². The first-order valence-electron chi connectivity index (χ1n) is 6.45. The fourth-order valence-electron chi connectivity index (χ4n) is 2.41. The van der Waals surface area contributed by atoms with Crippen molar-refractivity contribution in [2.45, 2.75) is 45.3 Å². The van der Waals surface area contributed by atoms with Gasteiger partial charge in [-0.15, -0.1) is 0 Å². The Bertz CT molecular complexity index is 376. The first kappa shape index (κ1) is 13.1. The van der Waals surface area contributed by atoms with Gasteiger partial charge in [-0.25, -0.2) is 0 Å². The average molecular weight is 255 g/mol. The smallest absolute Gasteiger partial charge is 0.387 e. The van der Waals surface area contributed by atoms with Crippen LogP contribution in [0.25, 0.3) is 0 Å². The summed E-state index contributed by atoms with van der Waals surface area (Å²) in [5.74, 6) is 1.00. The Morgan fingerprint density at radius 3 is 2.50 bits per heavy atom. The van der Waals surface area contributed by atoms with Crippen molar-refractivity contribution in [1.29, 1.82) is 0 Å². The van der Waals surface area contributed by atoms with Crippen LogP contribution in [-0.2, 0) is 0 Å². The average Bonchev–Trinajstić information content (AvgIpc) is 2.34. The zero-order valence-electron chi connectivity index (χ0n) is 10.5. The fraction of sp³-hybridized carbons (Fsp3) is 0.571. The molecule has 18 heavy (non-hydrogen) atoms. The van der Waals surface area contributed by atoms with Gasteiger partial charge in [0.15, 0.2) is 0 Å². The van der Waals surface area contributed by atoms with Gasteiger partial charge < -0.3 is 10.1 Å². The number of ether oxygens (including phenoxy) is 1. The number of alkyl halides is 2. The standard InChI is InChI=1S/C14H19F2NO/c1-10-6-8-11(9-7-10)17-12-4-2-3-5-13(12)18-14(15)16/h2-5,10-11,14,17H,6-9H2,1H3. The second-order valence-corrected chi connectivity index (χ2v) is 4.98. The van der Waals surface area contributed by atoms with Gasteiger partial charge in [-0.3, -0.25) is 0 Å². The molecule has 0 spiro atoms. The Morgan fingerprint density at radius 1 is 1.17 bits per heavy atom. The lowest BCUT2D eigenvalue weighted by Crippen LogP contribution is -2.25. The molecule has 0 unspecified atom stereocenters. The molecule has 1 aromatic carbocycles. The molecule has 100 valence electrons. The minimum Gasteiger partial charge on any atom is -0.433 e. The molecule has 2 nitrogen and oxygen atoms in total. The summed E-state index contributed by atoms with van der Waals surface area (Å²) in [6, 6.07) is 7.25. The molecule has 1 saturated carbocycles. The third-order valence-corrected chi connectivity index (χ3v) is 3.48. The Hall–Kier alpha value is -1.32. The lowest BCUT2D eigenvalue weighted by atomic mass is 9.87. The lowest BCUT2D eigenvalue weighted by Gasteiger charge is -2.28. The second kappa shape index (κ2) is 6.03. The largest absolute Gasteiger partial charge is 0.433 e. The van der Waals surface area contributed by atoms with Crippen molar-refractivity contribution in [3.8, 4) is 5.75 Å². The number of para-hydroxylation sites is 2. The first-order valence-corrected chi connectivity index (χ1v) is 6.45. The summed E-state index contributed by atoms with van der Waals surface area (Å²) in [6.45, 7) is -0.524. The molecule has 1 aliphatic rings. The van der Waals surface area contributed by atoms with Gasteiger partial charge >= 0.3 is 6.61 Å². The summed E-state index contributed by atoms with van der Waals surface area (Å²) >= 11 is 0. The van der Waals surface area contributed by atoms with E-state index in [9.17, 15) is 8.78 Å². The van der Waals surface area contributed by atoms with E-state index in [-0.39, 0.29) is 5.75 Å². The zero-order valence-corrected chi connectivity index (χ0v) is 10.5. The third kappa shape index (κ3) is 3.59. The van der Waals surface area contributed by atoms with Crippen LogP contribution in [-0.4, -0.2) is 12.7 Å². The summed E-state index contributed by atoms with van der Waals surface area (Å²) in [5.41, 5.74) is 0.664. The highest BCUT2D eigenvalue weighted by molar-refractivity contribution is 5.56. The number of benzene rings is 1. The Labute approximate surface area is 106 Å². The molecular formula is C14H19F2NO. The summed E-state index contributed by atoms with van der Waals surface area (Å²) < 4.78 is 29.1. The van der Waals surface area contributed by atoms with Crippen molar-refractivity contribution in [3.05, 3.63) is 24.3 Å². The molecule has 1 aromatic rings. The van der Waals surface area contributed by atoms with Crippen molar-refractivity contribution in [2.75, 3.05) is 5.32 Å². The molecule has 0 heterocycles. The van der Waals surface area contributed by atoms with Crippen molar-refractivity contribution >= 4 is 5.69 Å². The minimum absolute atomic E-state index is 0.228. The monoisotopic (exact) mass is 255 g/mol. The van der Waals surface area contributed by atoms with E-state index in [0.717, 1.165) is 18.8 Å². The number of hydrogen-bond acceptors (Lipinski definition) is 2. The van der Waals surface area contributed by atoms with E-state index >= 15 is 0 Å². The molecule has 0 radical (unpaired) electrons. The Morgan fingerprint density at radius 2 is 1.83 bits per heavy atom. The summed E-state index contributed by atoms with van der Waals surface area (Å²) in [4.78, 5) is 0. The topological polar surface area (TPSA) is 21.3 Å². The van der Waals surface area contributed by atoms with Crippen LogP contribution in [0.3, 0.4) is 0 Å². The number of hydrogen-bond donors (Lipinski definition) is 1. The highest BCUT2D eigenvalue weighted by Gasteiger charge is 2.19. The maximum atomic E-state index is 12.3. The molecule has 2 rings (SSSR count). The van der Waals surface area contributed by atoms with Crippen molar-refractivity contribution < 1.29 is 13.5 Å². The van der Waals surface area contributed by atoms with Crippen LogP contribution in [0.15, 0.2) is 24.3 Å². The van der Waals surface area contributed by atoms with Crippen molar-refractivity contribution in [3.63, 3.8) is 0 Å². The predicted octanol–water partition coefficient (Wildman–Crippen LogP) is 4.28. The van der Waals surface area contributed by atoms with E-state index in [1.54, 1.807) is 18.2 Å². The van der Waals surface area contributed by atoms with Crippen LogP contribution in [0.1, 0.15) is 32.6 Å². The van der Waals surface area contributed by atoms with Gasteiger partial charge in [-0.05, 0) is 43.7 Å². The number of halogens is 2.